The van der Waals surface area contributed by atoms with E-state index in [1.807, 2.05) is 61.5 Å². The summed E-state index contributed by atoms with van der Waals surface area (Å²) in [6.45, 7) is 2.23. The van der Waals surface area contributed by atoms with Crippen LogP contribution in [0.3, 0.4) is 0 Å². The first kappa shape index (κ1) is 24.6. The van der Waals surface area contributed by atoms with Gasteiger partial charge in [0.15, 0.2) is 0 Å². The molecular weight excluding hydrogens is 439 g/mol. The SMILES string of the molecule is Cc1cccc(CC(=O)N(Cc2ccc(F)cc2)[C@H](Cc2ccccc2)C(=O)NC2CCCC2)c1. The van der Waals surface area contributed by atoms with Gasteiger partial charge >= 0.3 is 0 Å². The summed E-state index contributed by atoms with van der Waals surface area (Å²) in [5, 5.41) is 3.21. The molecule has 1 saturated carbocycles. The topological polar surface area (TPSA) is 49.4 Å². The lowest BCUT2D eigenvalue weighted by molar-refractivity contribution is -0.141. The van der Waals surface area contributed by atoms with Crippen LogP contribution < -0.4 is 5.32 Å². The Morgan fingerprint density at radius 3 is 2.29 bits per heavy atom. The quantitative estimate of drug-likeness (QED) is 0.455. The van der Waals surface area contributed by atoms with Gasteiger partial charge in [0, 0.05) is 19.0 Å². The van der Waals surface area contributed by atoms with Gasteiger partial charge in [-0.05, 0) is 48.6 Å². The number of carbonyl (C=O) groups excluding carboxylic acids is 2. The smallest absolute Gasteiger partial charge is 0.243 e. The second-order valence-electron chi connectivity index (χ2n) is 9.51. The van der Waals surface area contributed by atoms with Crippen molar-refractivity contribution in [1.82, 2.24) is 10.2 Å². The molecule has 0 radical (unpaired) electrons. The fourth-order valence-electron chi connectivity index (χ4n) is 4.81. The Kier molecular flexibility index (Phi) is 8.30. The third kappa shape index (κ3) is 7.01. The van der Waals surface area contributed by atoms with E-state index in [-0.39, 0.29) is 36.6 Å². The van der Waals surface area contributed by atoms with E-state index in [1.165, 1.54) is 12.1 Å². The minimum atomic E-state index is -0.666. The zero-order chi connectivity index (χ0) is 24.6. The highest BCUT2D eigenvalue weighted by molar-refractivity contribution is 5.89. The maximum atomic E-state index is 13.7. The molecule has 1 N–H and O–H groups in total. The van der Waals surface area contributed by atoms with Gasteiger partial charge < -0.3 is 10.2 Å². The minimum Gasteiger partial charge on any atom is -0.352 e. The normalized spacial score (nSPS) is 14.5. The largest absolute Gasteiger partial charge is 0.352 e. The number of amides is 2. The molecule has 3 aromatic rings. The molecule has 0 aromatic heterocycles. The number of benzene rings is 3. The van der Waals surface area contributed by atoms with Crippen LogP contribution in [0.1, 0.15) is 47.9 Å². The summed E-state index contributed by atoms with van der Waals surface area (Å²) in [6.07, 6.45) is 4.78. The Labute approximate surface area is 207 Å². The first-order valence-corrected chi connectivity index (χ1v) is 12.4. The van der Waals surface area contributed by atoms with Crippen LogP contribution >= 0.6 is 0 Å². The van der Waals surface area contributed by atoms with Gasteiger partial charge in [-0.2, -0.15) is 0 Å². The molecule has 1 atom stereocenters. The number of rotatable bonds is 9. The van der Waals surface area contributed by atoms with Crippen LogP contribution in [0.4, 0.5) is 4.39 Å². The van der Waals surface area contributed by atoms with Crippen molar-refractivity contribution in [3.8, 4) is 0 Å². The van der Waals surface area contributed by atoms with Crippen molar-refractivity contribution in [3.05, 3.63) is 107 Å². The molecule has 0 saturated heterocycles. The predicted octanol–water partition coefficient (Wildman–Crippen LogP) is 5.38. The summed E-state index contributed by atoms with van der Waals surface area (Å²) in [5.41, 5.74) is 3.77. The second kappa shape index (κ2) is 11.8. The zero-order valence-electron chi connectivity index (χ0n) is 20.3. The molecule has 35 heavy (non-hydrogen) atoms. The van der Waals surface area contributed by atoms with E-state index < -0.39 is 6.04 Å². The first-order chi connectivity index (χ1) is 17.0. The number of hydrogen-bond acceptors (Lipinski definition) is 2. The van der Waals surface area contributed by atoms with Crippen LogP contribution in [-0.4, -0.2) is 28.8 Å². The van der Waals surface area contributed by atoms with Gasteiger partial charge in [-0.1, -0.05) is 85.1 Å². The molecule has 1 aliphatic rings. The number of nitrogens with one attached hydrogen (secondary N) is 1. The van der Waals surface area contributed by atoms with E-state index in [4.69, 9.17) is 0 Å². The summed E-state index contributed by atoms with van der Waals surface area (Å²) in [4.78, 5) is 29.0. The van der Waals surface area contributed by atoms with Crippen LogP contribution in [0.5, 0.6) is 0 Å². The Bertz CT molecular complexity index is 1120. The van der Waals surface area contributed by atoms with Crippen LogP contribution in [0, 0.1) is 12.7 Å². The maximum Gasteiger partial charge on any atom is 0.243 e. The fraction of sp³-hybridized carbons (Fsp3) is 0.333. The van der Waals surface area contributed by atoms with Crippen molar-refractivity contribution < 1.29 is 14.0 Å². The molecule has 3 aromatic carbocycles. The average molecular weight is 473 g/mol. The van der Waals surface area contributed by atoms with Crippen molar-refractivity contribution in [2.75, 3.05) is 0 Å². The highest BCUT2D eigenvalue weighted by atomic mass is 19.1. The summed E-state index contributed by atoms with van der Waals surface area (Å²) < 4.78 is 13.6. The number of nitrogens with zero attached hydrogens (tertiary/aromatic N) is 1. The summed E-state index contributed by atoms with van der Waals surface area (Å²) >= 11 is 0. The molecule has 0 bridgehead atoms. The minimum absolute atomic E-state index is 0.123. The summed E-state index contributed by atoms with van der Waals surface area (Å²) in [5.74, 6) is -0.575. The second-order valence-corrected chi connectivity index (χ2v) is 9.51. The lowest BCUT2D eigenvalue weighted by Gasteiger charge is -2.32. The number of hydrogen-bond donors (Lipinski definition) is 1. The highest BCUT2D eigenvalue weighted by Crippen LogP contribution is 2.21. The molecule has 0 unspecified atom stereocenters. The Hall–Kier alpha value is -3.47. The first-order valence-electron chi connectivity index (χ1n) is 12.4. The molecule has 1 aliphatic carbocycles. The number of halogens is 1. The third-order valence-electron chi connectivity index (χ3n) is 6.68. The van der Waals surface area contributed by atoms with Gasteiger partial charge in [-0.3, -0.25) is 9.59 Å². The van der Waals surface area contributed by atoms with E-state index in [1.54, 1.807) is 17.0 Å². The molecule has 5 heteroatoms. The monoisotopic (exact) mass is 472 g/mol. The lowest BCUT2D eigenvalue weighted by Crippen LogP contribution is -2.52. The van der Waals surface area contributed by atoms with Gasteiger partial charge in [-0.15, -0.1) is 0 Å². The molecule has 2 amide bonds. The van der Waals surface area contributed by atoms with Crippen molar-refractivity contribution in [2.45, 2.75) is 64.1 Å². The van der Waals surface area contributed by atoms with Gasteiger partial charge in [0.05, 0.1) is 6.42 Å². The highest BCUT2D eigenvalue weighted by Gasteiger charge is 2.32. The molecule has 4 nitrogen and oxygen atoms in total. The van der Waals surface area contributed by atoms with Crippen molar-refractivity contribution >= 4 is 11.8 Å². The van der Waals surface area contributed by atoms with E-state index >= 15 is 0 Å². The van der Waals surface area contributed by atoms with Gasteiger partial charge in [0.1, 0.15) is 11.9 Å². The van der Waals surface area contributed by atoms with Crippen LogP contribution in [0.2, 0.25) is 0 Å². The molecule has 0 heterocycles. The Morgan fingerprint density at radius 2 is 1.60 bits per heavy atom. The lowest BCUT2D eigenvalue weighted by atomic mass is 10.0. The molecule has 4 rings (SSSR count). The zero-order valence-corrected chi connectivity index (χ0v) is 20.3. The average Bonchev–Trinajstić information content (AvgIpc) is 3.36. The maximum absolute atomic E-state index is 13.7. The van der Waals surface area contributed by atoms with Gasteiger partial charge in [-0.25, -0.2) is 4.39 Å². The van der Waals surface area contributed by atoms with Gasteiger partial charge in [0.2, 0.25) is 11.8 Å². The molecule has 182 valence electrons. The van der Waals surface area contributed by atoms with Crippen LogP contribution in [0.15, 0.2) is 78.9 Å². The van der Waals surface area contributed by atoms with E-state index in [9.17, 15) is 14.0 Å². The number of aryl methyl sites for hydroxylation is 1. The van der Waals surface area contributed by atoms with Crippen LogP contribution in [-0.2, 0) is 29.0 Å². The summed E-state index contributed by atoms with van der Waals surface area (Å²) in [6, 6.07) is 23.3. The van der Waals surface area contributed by atoms with Crippen molar-refractivity contribution in [3.63, 3.8) is 0 Å². The van der Waals surface area contributed by atoms with Crippen molar-refractivity contribution in [2.24, 2.45) is 0 Å². The third-order valence-corrected chi connectivity index (χ3v) is 6.68. The Balaban J connectivity index is 1.65. The molecule has 0 aliphatic heterocycles. The van der Waals surface area contributed by atoms with Gasteiger partial charge in [0.25, 0.3) is 0 Å². The summed E-state index contributed by atoms with van der Waals surface area (Å²) in [7, 11) is 0. The van der Waals surface area contributed by atoms with Crippen LogP contribution in [0.25, 0.3) is 0 Å². The van der Waals surface area contributed by atoms with E-state index in [0.29, 0.717) is 6.42 Å². The van der Waals surface area contributed by atoms with E-state index in [0.717, 1.165) is 47.9 Å². The number of carbonyl (C=O) groups is 2. The molecule has 0 spiro atoms. The van der Waals surface area contributed by atoms with Crippen molar-refractivity contribution in [1.29, 1.82) is 0 Å². The standard InChI is InChI=1S/C30H33FN2O2/c1-22-8-7-11-25(18-22)20-29(34)33(21-24-14-16-26(31)17-15-24)28(19-23-9-3-2-4-10-23)30(35)32-27-12-5-6-13-27/h2-4,7-11,14-18,27-28H,5-6,12-13,19-21H2,1H3,(H,32,35)/t28-/m1/s1. The van der Waals surface area contributed by atoms with E-state index in [2.05, 4.69) is 5.32 Å². The molecular formula is C30H33FN2O2. The fourth-order valence-corrected chi connectivity index (χ4v) is 4.81. The predicted molar refractivity (Wildman–Crippen MR) is 136 cm³/mol. The Morgan fingerprint density at radius 1 is 0.914 bits per heavy atom. The molecule has 1 fully saturated rings.